The topological polar surface area (TPSA) is 90.4 Å². The molecule has 0 aliphatic rings. The molecule has 1 aromatic carbocycles. The highest BCUT2D eigenvalue weighted by molar-refractivity contribution is 5.18. The lowest BCUT2D eigenvalue weighted by atomic mass is 10.1. The second kappa shape index (κ2) is 6.96. The lowest BCUT2D eigenvalue weighted by molar-refractivity contribution is -0.389. The summed E-state index contributed by atoms with van der Waals surface area (Å²) < 4.78 is 6.76. The SMILES string of the molecule is CCO[C@H](O)[C@H](Cc1ccccc1)n1cnc([N+](=O)[O-])c1. The molecular weight excluding hydrogens is 274 g/mol. The summed E-state index contributed by atoms with van der Waals surface area (Å²) in [5.41, 5.74) is 0.998. The zero-order chi connectivity index (χ0) is 15.2. The van der Waals surface area contributed by atoms with Crippen LogP contribution in [0.1, 0.15) is 18.5 Å². The molecule has 1 aromatic heterocycles. The fourth-order valence-electron chi connectivity index (χ4n) is 2.09. The van der Waals surface area contributed by atoms with Crippen LogP contribution in [0.4, 0.5) is 5.82 Å². The second-order valence-corrected chi connectivity index (χ2v) is 4.54. The highest BCUT2D eigenvalue weighted by atomic mass is 16.6. The van der Waals surface area contributed by atoms with E-state index in [0.717, 1.165) is 5.56 Å². The van der Waals surface area contributed by atoms with E-state index in [2.05, 4.69) is 4.98 Å². The molecule has 0 bridgehead atoms. The van der Waals surface area contributed by atoms with Gasteiger partial charge in [-0.1, -0.05) is 30.3 Å². The standard InChI is InChI=1S/C14H17N3O4/c1-2-21-14(18)12(8-11-6-4-3-5-7-11)16-9-13(15-10-16)17(19)20/h3-7,9-10,12,14,18H,2,8H2,1H3/t12-,14-/m0/s1. The molecule has 0 radical (unpaired) electrons. The predicted molar refractivity (Wildman–Crippen MR) is 75.7 cm³/mol. The normalized spacial score (nSPS) is 13.8. The van der Waals surface area contributed by atoms with Gasteiger partial charge in [-0.2, -0.15) is 0 Å². The number of aliphatic hydroxyl groups excluding tert-OH is 1. The molecule has 2 atom stereocenters. The van der Waals surface area contributed by atoms with Crippen molar-refractivity contribution in [3.05, 3.63) is 58.5 Å². The molecule has 0 amide bonds. The van der Waals surface area contributed by atoms with Crippen LogP contribution in [0.5, 0.6) is 0 Å². The van der Waals surface area contributed by atoms with Crippen LogP contribution in [0.15, 0.2) is 42.9 Å². The number of rotatable bonds is 7. The Morgan fingerprint density at radius 2 is 2.14 bits per heavy atom. The Labute approximate surface area is 122 Å². The Morgan fingerprint density at radius 1 is 1.43 bits per heavy atom. The number of hydrogen-bond donors (Lipinski definition) is 1. The number of aliphatic hydroxyl groups is 1. The fourth-order valence-corrected chi connectivity index (χ4v) is 2.09. The monoisotopic (exact) mass is 291 g/mol. The number of ether oxygens (including phenoxy) is 1. The van der Waals surface area contributed by atoms with Gasteiger partial charge in [-0.3, -0.25) is 0 Å². The van der Waals surface area contributed by atoms with Crippen molar-refractivity contribution in [3.8, 4) is 0 Å². The van der Waals surface area contributed by atoms with Crippen LogP contribution in [0.3, 0.4) is 0 Å². The lowest BCUT2D eigenvalue weighted by Crippen LogP contribution is -2.28. The zero-order valence-electron chi connectivity index (χ0n) is 11.6. The van der Waals surface area contributed by atoms with E-state index < -0.39 is 17.3 Å². The van der Waals surface area contributed by atoms with Gasteiger partial charge in [0.25, 0.3) is 0 Å². The number of nitro groups is 1. The van der Waals surface area contributed by atoms with Crippen molar-refractivity contribution in [1.29, 1.82) is 0 Å². The van der Waals surface area contributed by atoms with Crippen molar-refractivity contribution in [3.63, 3.8) is 0 Å². The van der Waals surface area contributed by atoms with E-state index in [4.69, 9.17) is 4.74 Å². The second-order valence-electron chi connectivity index (χ2n) is 4.54. The number of aromatic nitrogens is 2. The molecule has 0 saturated carbocycles. The van der Waals surface area contributed by atoms with Crippen LogP contribution >= 0.6 is 0 Å². The van der Waals surface area contributed by atoms with E-state index in [1.54, 1.807) is 6.92 Å². The smallest absolute Gasteiger partial charge is 0.366 e. The highest BCUT2D eigenvalue weighted by Gasteiger charge is 2.24. The molecule has 1 N–H and O–H groups in total. The molecule has 0 saturated heterocycles. The van der Waals surface area contributed by atoms with Gasteiger partial charge < -0.3 is 24.5 Å². The largest absolute Gasteiger partial charge is 0.381 e. The average molecular weight is 291 g/mol. The van der Waals surface area contributed by atoms with Crippen molar-refractivity contribution in [2.24, 2.45) is 0 Å². The maximum Gasteiger partial charge on any atom is 0.381 e. The molecule has 0 aliphatic carbocycles. The van der Waals surface area contributed by atoms with Gasteiger partial charge in [0.1, 0.15) is 6.20 Å². The van der Waals surface area contributed by atoms with Crippen LogP contribution < -0.4 is 0 Å². The Kier molecular flexibility index (Phi) is 5.02. The van der Waals surface area contributed by atoms with Gasteiger partial charge in [-0.25, -0.2) is 0 Å². The van der Waals surface area contributed by atoms with Gasteiger partial charge in [0.2, 0.25) is 6.33 Å². The molecule has 7 heteroatoms. The Morgan fingerprint density at radius 3 is 2.71 bits per heavy atom. The molecule has 7 nitrogen and oxygen atoms in total. The van der Waals surface area contributed by atoms with E-state index in [9.17, 15) is 15.2 Å². The van der Waals surface area contributed by atoms with Crippen LogP contribution in [0.2, 0.25) is 0 Å². The third-order valence-electron chi connectivity index (χ3n) is 3.11. The van der Waals surface area contributed by atoms with Gasteiger partial charge >= 0.3 is 5.82 Å². The minimum Gasteiger partial charge on any atom is -0.366 e. The first-order valence-corrected chi connectivity index (χ1v) is 6.63. The average Bonchev–Trinajstić information content (AvgIpc) is 2.96. The summed E-state index contributed by atoms with van der Waals surface area (Å²) in [6.07, 6.45) is 2.06. The van der Waals surface area contributed by atoms with E-state index >= 15 is 0 Å². The Balaban J connectivity index is 2.24. The zero-order valence-corrected chi connectivity index (χ0v) is 11.6. The van der Waals surface area contributed by atoms with Crippen molar-refractivity contribution >= 4 is 5.82 Å². The molecular formula is C14H17N3O4. The maximum absolute atomic E-state index is 10.7. The van der Waals surface area contributed by atoms with Gasteiger partial charge in [-0.15, -0.1) is 0 Å². The number of hydrogen-bond acceptors (Lipinski definition) is 5. The number of nitrogens with zero attached hydrogens (tertiary/aromatic N) is 3. The highest BCUT2D eigenvalue weighted by Crippen LogP contribution is 2.21. The Bertz CT molecular complexity index is 585. The summed E-state index contributed by atoms with van der Waals surface area (Å²) in [6.45, 7) is 2.13. The summed E-state index contributed by atoms with van der Waals surface area (Å²) in [4.78, 5) is 13.9. The van der Waals surface area contributed by atoms with Crippen molar-refractivity contribution < 1.29 is 14.8 Å². The quantitative estimate of drug-likeness (QED) is 0.478. The van der Waals surface area contributed by atoms with E-state index in [0.29, 0.717) is 13.0 Å². The molecule has 0 fully saturated rings. The summed E-state index contributed by atoms with van der Waals surface area (Å²) in [5.74, 6) is -0.253. The van der Waals surface area contributed by atoms with Crippen molar-refractivity contribution in [1.82, 2.24) is 9.55 Å². The summed E-state index contributed by atoms with van der Waals surface area (Å²) in [6, 6.07) is 9.08. The Hall–Kier alpha value is -2.25. The summed E-state index contributed by atoms with van der Waals surface area (Å²) >= 11 is 0. The van der Waals surface area contributed by atoms with E-state index in [-0.39, 0.29) is 5.82 Å². The van der Waals surface area contributed by atoms with Crippen LogP contribution in [0.25, 0.3) is 0 Å². The summed E-state index contributed by atoms with van der Waals surface area (Å²) in [7, 11) is 0. The van der Waals surface area contributed by atoms with Crippen LogP contribution in [-0.4, -0.2) is 32.5 Å². The third kappa shape index (κ3) is 3.87. The van der Waals surface area contributed by atoms with Crippen molar-refractivity contribution in [2.45, 2.75) is 25.7 Å². The number of benzene rings is 1. The van der Waals surface area contributed by atoms with Crippen LogP contribution in [-0.2, 0) is 11.2 Å². The molecule has 21 heavy (non-hydrogen) atoms. The minimum absolute atomic E-state index is 0.253. The maximum atomic E-state index is 10.7. The molecule has 2 rings (SSSR count). The first-order chi connectivity index (χ1) is 10.1. The van der Waals surface area contributed by atoms with Gasteiger partial charge in [0.15, 0.2) is 6.29 Å². The van der Waals surface area contributed by atoms with Crippen LogP contribution in [0, 0.1) is 10.1 Å². The summed E-state index contributed by atoms with van der Waals surface area (Å²) in [5, 5.41) is 20.9. The molecule has 0 unspecified atom stereocenters. The van der Waals surface area contributed by atoms with Gasteiger partial charge in [-0.05, 0) is 28.8 Å². The van der Waals surface area contributed by atoms with E-state index in [1.807, 2.05) is 30.3 Å². The fraction of sp³-hybridized carbons (Fsp3) is 0.357. The van der Waals surface area contributed by atoms with Crippen molar-refractivity contribution in [2.75, 3.05) is 6.61 Å². The number of imidazole rings is 1. The van der Waals surface area contributed by atoms with Gasteiger partial charge in [0.05, 0.1) is 6.04 Å². The molecule has 112 valence electrons. The third-order valence-corrected chi connectivity index (χ3v) is 3.11. The molecule has 2 aromatic rings. The minimum atomic E-state index is -1.07. The first kappa shape index (κ1) is 15.1. The predicted octanol–water partition coefficient (Wildman–Crippen LogP) is 1.93. The first-order valence-electron chi connectivity index (χ1n) is 6.63. The molecule has 1 heterocycles. The van der Waals surface area contributed by atoms with E-state index in [1.165, 1.54) is 17.1 Å². The van der Waals surface area contributed by atoms with Gasteiger partial charge in [0, 0.05) is 6.61 Å². The molecule has 0 spiro atoms. The lowest BCUT2D eigenvalue weighted by Gasteiger charge is -2.23. The molecule has 0 aliphatic heterocycles.